The lowest BCUT2D eigenvalue weighted by Gasteiger charge is -2.10. The summed E-state index contributed by atoms with van der Waals surface area (Å²) in [6.07, 6.45) is 0.0342. The summed E-state index contributed by atoms with van der Waals surface area (Å²) >= 11 is 5.77. The average molecular weight is 374 g/mol. The predicted octanol–water partition coefficient (Wildman–Crippen LogP) is 2.54. The first-order valence-electron chi connectivity index (χ1n) is 8.07. The summed E-state index contributed by atoms with van der Waals surface area (Å²) in [4.78, 5) is 35.8. The lowest BCUT2D eigenvalue weighted by atomic mass is 10.1. The molecule has 0 atom stereocenters. The molecule has 0 aliphatic heterocycles. The van der Waals surface area contributed by atoms with Crippen molar-refractivity contribution in [3.05, 3.63) is 69.7 Å². The Hall–Kier alpha value is -2.86. The first kappa shape index (κ1) is 19.5. The molecule has 0 aliphatic carbocycles. The van der Waals surface area contributed by atoms with Crippen LogP contribution in [0.2, 0.25) is 5.02 Å². The number of aryl methyl sites for hydroxylation is 2. The molecule has 0 bridgehead atoms. The largest absolute Gasteiger partial charge is 0.352 e. The number of nitrogens with one attached hydrogen (secondary N) is 3. The van der Waals surface area contributed by atoms with Crippen molar-refractivity contribution in [1.29, 1.82) is 0 Å². The van der Waals surface area contributed by atoms with E-state index in [0.29, 0.717) is 16.1 Å². The highest BCUT2D eigenvalue weighted by atomic mass is 35.5. The van der Waals surface area contributed by atoms with E-state index in [-0.39, 0.29) is 24.8 Å². The van der Waals surface area contributed by atoms with Gasteiger partial charge in [-0.15, -0.1) is 0 Å². The van der Waals surface area contributed by atoms with E-state index < -0.39 is 5.91 Å². The summed E-state index contributed by atoms with van der Waals surface area (Å²) in [6.45, 7) is 3.91. The number of halogens is 1. The first-order chi connectivity index (χ1) is 12.4. The van der Waals surface area contributed by atoms with Crippen molar-refractivity contribution in [3.8, 4) is 0 Å². The lowest BCUT2D eigenvalue weighted by Crippen LogP contribution is -2.43. The second-order valence-corrected chi connectivity index (χ2v) is 6.27. The maximum atomic E-state index is 12.1. The summed E-state index contributed by atoms with van der Waals surface area (Å²) in [7, 11) is 0. The normalized spacial score (nSPS) is 10.1. The molecule has 0 radical (unpaired) electrons. The van der Waals surface area contributed by atoms with Crippen LogP contribution in [0, 0.1) is 13.8 Å². The zero-order chi connectivity index (χ0) is 19.1. The van der Waals surface area contributed by atoms with Crippen molar-refractivity contribution in [2.24, 2.45) is 0 Å². The fourth-order valence-electron chi connectivity index (χ4n) is 2.32. The molecule has 7 heteroatoms. The van der Waals surface area contributed by atoms with Gasteiger partial charge in [0.05, 0.1) is 0 Å². The molecular formula is C19H20ClN3O3. The van der Waals surface area contributed by atoms with E-state index in [4.69, 9.17) is 11.6 Å². The van der Waals surface area contributed by atoms with Crippen molar-refractivity contribution in [2.45, 2.75) is 20.3 Å². The van der Waals surface area contributed by atoms with Crippen LogP contribution in [0.4, 0.5) is 0 Å². The molecule has 0 aromatic heterocycles. The third kappa shape index (κ3) is 5.60. The Morgan fingerprint density at radius 2 is 1.62 bits per heavy atom. The van der Waals surface area contributed by atoms with E-state index in [1.165, 1.54) is 0 Å². The lowest BCUT2D eigenvalue weighted by molar-refractivity contribution is -0.121. The van der Waals surface area contributed by atoms with E-state index in [9.17, 15) is 14.4 Å². The topological polar surface area (TPSA) is 87.3 Å². The summed E-state index contributed by atoms with van der Waals surface area (Å²) < 4.78 is 0. The van der Waals surface area contributed by atoms with Gasteiger partial charge >= 0.3 is 0 Å². The highest BCUT2D eigenvalue weighted by molar-refractivity contribution is 6.30. The molecule has 0 fully saturated rings. The highest BCUT2D eigenvalue weighted by Crippen LogP contribution is 2.10. The molecule has 3 N–H and O–H groups in total. The van der Waals surface area contributed by atoms with Gasteiger partial charge in [0.25, 0.3) is 11.8 Å². The summed E-state index contributed by atoms with van der Waals surface area (Å²) in [5.41, 5.74) is 7.54. The van der Waals surface area contributed by atoms with Crippen LogP contribution in [0.15, 0.2) is 42.5 Å². The van der Waals surface area contributed by atoms with Crippen LogP contribution < -0.4 is 16.2 Å². The zero-order valence-electron chi connectivity index (χ0n) is 14.6. The maximum Gasteiger partial charge on any atom is 0.269 e. The van der Waals surface area contributed by atoms with Crippen LogP contribution in [0.1, 0.15) is 38.3 Å². The van der Waals surface area contributed by atoms with Gasteiger partial charge in [-0.2, -0.15) is 0 Å². The standard InChI is InChI=1S/C19H20ClN3O3/c1-12-3-8-16(13(2)11-12)19(26)23-22-17(24)9-10-21-18(25)14-4-6-15(20)7-5-14/h3-8,11H,9-10H2,1-2H3,(H,21,25)(H,22,24)(H,23,26). The number of hydrogen-bond donors (Lipinski definition) is 3. The van der Waals surface area contributed by atoms with Crippen LogP contribution in [-0.2, 0) is 4.79 Å². The molecule has 26 heavy (non-hydrogen) atoms. The molecule has 0 aliphatic rings. The minimum absolute atomic E-state index is 0.0342. The fraction of sp³-hybridized carbons (Fsp3) is 0.211. The van der Waals surface area contributed by atoms with Gasteiger partial charge < -0.3 is 5.32 Å². The Bertz CT molecular complexity index is 819. The van der Waals surface area contributed by atoms with Crippen LogP contribution in [-0.4, -0.2) is 24.3 Å². The van der Waals surface area contributed by atoms with Gasteiger partial charge in [0.1, 0.15) is 0 Å². The number of hydrazine groups is 1. The first-order valence-corrected chi connectivity index (χ1v) is 8.45. The molecular weight excluding hydrogens is 354 g/mol. The molecule has 136 valence electrons. The molecule has 6 nitrogen and oxygen atoms in total. The number of rotatable bonds is 5. The van der Waals surface area contributed by atoms with Gasteiger partial charge in [-0.3, -0.25) is 25.2 Å². The highest BCUT2D eigenvalue weighted by Gasteiger charge is 2.11. The average Bonchev–Trinajstić information content (AvgIpc) is 2.60. The number of carbonyl (C=O) groups is 3. The van der Waals surface area contributed by atoms with Crippen molar-refractivity contribution >= 4 is 29.3 Å². The Labute approximate surface area is 156 Å². The van der Waals surface area contributed by atoms with Crippen LogP contribution in [0.3, 0.4) is 0 Å². The predicted molar refractivity (Wildman–Crippen MR) is 99.9 cm³/mol. The van der Waals surface area contributed by atoms with Gasteiger partial charge in [0, 0.05) is 29.1 Å². The quantitative estimate of drug-likeness (QED) is 0.704. The maximum absolute atomic E-state index is 12.1. The van der Waals surface area contributed by atoms with E-state index >= 15 is 0 Å². The molecule has 0 saturated carbocycles. The summed E-state index contributed by atoms with van der Waals surface area (Å²) in [6, 6.07) is 11.9. The van der Waals surface area contributed by atoms with E-state index in [1.54, 1.807) is 30.3 Å². The molecule has 2 rings (SSSR count). The van der Waals surface area contributed by atoms with Crippen LogP contribution in [0.25, 0.3) is 0 Å². The van der Waals surface area contributed by atoms with Crippen molar-refractivity contribution in [2.75, 3.05) is 6.54 Å². The molecule has 2 aromatic rings. The molecule has 0 heterocycles. The minimum Gasteiger partial charge on any atom is -0.352 e. The number of benzene rings is 2. The second-order valence-electron chi connectivity index (χ2n) is 5.83. The Balaban J connectivity index is 1.74. The number of hydrogen-bond acceptors (Lipinski definition) is 3. The summed E-state index contributed by atoms with van der Waals surface area (Å²) in [5.74, 6) is -1.09. The molecule has 3 amide bonds. The van der Waals surface area contributed by atoms with E-state index in [0.717, 1.165) is 11.1 Å². The van der Waals surface area contributed by atoms with E-state index in [2.05, 4.69) is 16.2 Å². The molecule has 0 saturated heterocycles. The van der Waals surface area contributed by atoms with Crippen LogP contribution in [0.5, 0.6) is 0 Å². The smallest absolute Gasteiger partial charge is 0.269 e. The monoisotopic (exact) mass is 373 g/mol. The number of amides is 3. The Morgan fingerprint density at radius 1 is 0.923 bits per heavy atom. The van der Waals surface area contributed by atoms with Gasteiger partial charge in [-0.1, -0.05) is 29.3 Å². The third-order valence-electron chi connectivity index (χ3n) is 3.69. The SMILES string of the molecule is Cc1ccc(C(=O)NNC(=O)CCNC(=O)c2ccc(Cl)cc2)c(C)c1. The molecule has 2 aromatic carbocycles. The van der Waals surface area contributed by atoms with Crippen LogP contribution >= 0.6 is 11.6 Å². The Kier molecular flexibility index (Phi) is 6.74. The third-order valence-corrected chi connectivity index (χ3v) is 3.94. The fourth-order valence-corrected chi connectivity index (χ4v) is 2.44. The molecule has 0 spiro atoms. The van der Waals surface area contributed by atoms with Gasteiger partial charge in [0.2, 0.25) is 5.91 Å². The Morgan fingerprint density at radius 3 is 2.27 bits per heavy atom. The zero-order valence-corrected chi connectivity index (χ0v) is 15.3. The minimum atomic E-state index is -0.403. The van der Waals surface area contributed by atoms with Crippen molar-refractivity contribution < 1.29 is 14.4 Å². The van der Waals surface area contributed by atoms with Gasteiger partial charge in [-0.25, -0.2) is 0 Å². The number of carbonyl (C=O) groups excluding carboxylic acids is 3. The molecule has 0 unspecified atom stereocenters. The van der Waals surface area contributed by atoms with E-state index in [1.807, 2.05) is 26.0 Å². The van der Waals surface area contributed by atoms with Crippen molar-refractivity contribution in [1.82, 2.24) is 16.2 Å². The summed E-state index contributed by atoms with van der Waals surface area (Å²) in [5, 5.41) is 3.17. The van der Waals surface area contributed by atoms with Gasteiger partial charge in [-0.05, 0) is 49.7 Å². The second kappa shape index (κ2) is 9.01. The van der Waals surface area contributed by atoms with Gasteiger partial charge in [0.15, 0.2) is 0 Å². The van der Waals surface area contributed by atoms with Crippen molar-refractivity contribution in [3.63, 3.8) is 0 Å².